The molecular weight excluding hydrogens is 220 g/mol. The number of hydrogen-bond donors (Lipinski definition) is 1. The molecule has 0 aromatic heterocycles. The Hall–Kier alpha value is -0.400. The van der Waals surface area contributed by atoms with E-state index in [4.69, 9.17) is 5.26 Å². The van der Waals surface area contributed by atoms with E-state index in [1.54, 1.807) is 6.26 Å². The maximum absolute atomic E-state index is 10.9. The van der Waals surface area contributed by atoms with Crippen LogP contribution < -0.4 is 5.32 Å². The molecule has 0 bridgehead atoms. The van der Waals surface area contributed by atoms with E-state index in [0.717, 1.165) is 31.6 Å². The molecule has 1 rings (SSSR count). The minimum Gasteiger partial charge on any atom is -0.313 e. The molecule has 1 fully saturated rings. The average Bonchev–Trinajstić information content (AvgIpc) is 2.48. The van der Waals surface area contributed by atoms with Crippen LogP contribution in [0.4, 0.5) is 0 Å². The predicted molar refractivity (Wildman–Crippen MR) is 67.5 cm³/mol. The quantitative estimate of drug-likeness (QED) is 0.591. The SMILES string of the molecule is CS(=O)CCCNC1CCCCCC1C#N. The molecule has 16 heavy (non-hydrogen) atoms. The molecule has 3 nitrogen and oxygen atoms in total. The standard InChI is InChI=1S/C12H22N2OS/c1-16(15)9-5-8-14-12-7-4-2-3-6-11(12)10-13/h11-12,14H,2-9H2,1H3. The molecule has 1 aliphatic rings. The molecule has 1 aliphatic carbocycles. The monoisotopic (exact) mass is 242 g/mol. The Morgan fingerprint density at radius 2 is 2.12 bits per heavy atom. The van der Waals surface area contributed by atoms with Gasteiger partial charge in [-0.05, 0) is 25.8 Å². The molecular formula is C12H22N2OS. The zero-order valence-electron chi connectivity index (χ0n) is 10.1. The fraction of sp³-hybridized carbons (Fsp3) is 0.917. The van der Waals surface area contributed by atoms with Crippen LogP contribution in [-0.4, -0.2) is 28.8 Å². The first-order valence-corrected chi connectivity index (χ1v) is 7.90. The second-order valence-electron chi connectivity index (χ2n) is 4.57. The van der Waals surface area contributed by atoms with Gasteiger partial charge < -0.3 is 5.32 Å². The highest BCUT2D eigenvalue weighted by Crippen LogP contribution is 2.22. The van der Waals surface area contributed by atoms with Crippen molar-refractivity contribution >= 4 is 10.8 Å². The number of nitrogens with zero attached hydrogens (tertiary/aromatic N) is 1. The third-order valence-electron chi connectivity index (χ3n) is 3.20. The Bertz CT molecular complexity index is 262. The first-order chi connectivity index (χ1) is 7.74. The Balaban J connectivity index is 2.26. The van der Waals surface area contributed by atoms with Gasteiger partial charge in [-0.15, -0.1) is 0 Å². The lowest BCUT2D eigenvalue weighted by Gasteiger charge is -2.20. The van der Waals surface area contributed by atoms with Crippen molar-refractivity contribution in [2.75, 3.05) is 18.6 Å². The van der Waals surface area contributed by atoms with Crippen LogP contribution in [0.3, 0.4) is 0 Å². The summed E-state index contributed by atoms with van der Waals surface area (Å²) in [6, 6.07) is 2.78. The van der Waals surface area contributed by atoms with Gasteiger partial charge in [0, 0.05) is 28.9 Å². The Labute approximate surface area is 101 Å². The molecule has 3 unspecified atom stereocenters. The van der Waals surface area contributed by atoms with Gasteiger partial charge in [-0.3, -0.25) is 4.21 Å². The summed E-state index contributed by atoms with van der Waals surface area (Å²) in [6.45, 7) is 0.891. The number of nitriles is 1. The van der Waals surface area contributed by atoms with Gasteiger partial charge in [-0.1, -0.05) is 19.3 Å². The average molecular weight is 242 g/mol. The Morgan fingerprint density at radius 1 is 1.38 bits per heavy atom. The summed E-state index contributed by atoms with van der Waals surface area (Å²) < 4.78 is 10.9. The third kappa shape index (κ3) is 5.09. The molecule has 0 aromatic rings. The second kappa shape index (κ2) is 7.81. The van der Waals surface area contributed by atoms with Crippen molar-refractivity contribution in [3.05, 3.63) is 0 Å². The van der Waals surface area contributed by atoms with Crippen LogP contribution in [0, 0.1) is 17.2 Å². The van der Waals surface area contributed by atoms with Gasteiger partial charge in [0.15, 0.2) is 0 Å². The van der Waals surface area contributed by atoms with Gasteiger partial charge in [0.1, 0.15) is 0 Å². The normalized spacial score (nSPS) is 28.0. The van der Waals surface area contributed by atoms with Gasteiger partial charge in [0.2, 0.25) is 0 Å². The molecule has 0 radical (unpaired) electrons. The van der Waals surface area contributed by atoms with Gasteiger partial charge in [0.25, 0.3) is 0 Å². The minimum atomic E-state index is -0.691. The summed E-state index contributed by atoms with van der Waals surface area (Å²) in [5.41, 5.74) is 0. The first-order valence-electron chi connectivity index (χ1n) is 6.17. The van der Waals surface area contributed by atoms with Crippen LogP contribution in [0.15, 0.2) is 0 Å². The molecule has 1 N–H and O–H groups in total. The van der Waals surface area contributed by atoms with Gasteiger partial charge >= 0.3 is 0 Å². The maximum atomic E-state index is 10.9. The summed E-state index contributed by atoms with van der Waals surface area (Å²) in [5.74, 6) is 0.936. The lowest BCUT2D eigenvalue weighted by atomic mass is 9.96. The molecule has 4 heteroatoms. The molecule has 0 heterocycles. The highest BCUT2D eigenvalue weighted by atomic mass is 32.2. The fourth-order valence-electron chi connectivity index (χ4n) is 2.27. The van der Waals surface area contributed by atoms with E-state index in [9.17, 15) is 4.21 Å². The van der Waals surface area contributed by atoms with E-state index in [1.807, 2.05) is 0 Å². The van der Waals surface area contributed by atoms with Gasteiger partial charge in [-0.2, -0.15) is 5.26 Å². The van der Waals surface area contributed by atoms with Crippen molar-refractivity contribution in [2.24, 2.45) is 5.92 Å². The first kappa shape index (κ1) is 13.7. The Kier molecular flexibility index (Phi) is 6.67. The maximum Gasteiger partial charge on any atom is 0.0672 e. The van der Waals surface area contributed by atoms with Crippen molar-refractivity contribution < 1.29 is 4.21 Å². The van der Waals surface area contributed by atoms with Gasteiger partial charge in [-0.25, -0.2) is 0 Å². The van der Waals surface area contributed by atoms with Crippen LogP contribution in [0.2, 0.25) is 0 Å². The summed E-state index contributed by atoms with van der Waals surface area (Å²) in [7, 11) is -0.691. The number of nitrogens with one attached hydrogen (secondary N) is 1. The zero-order chi connectivity index (χ0) is 11.8. The summed E-state index contributed by atoms with van der Waals surface area (Å²) in [6.07, 6.45) is 8.52. The van der Waals surface area contributed by atoms with E-state index < -0.39 is 10.8 Å². The van der Waals surface area contributed by atoms with E-state index >= 15 is 0 Å². The molecule has 0 amide bonds. The smallest absolute Gasteiger partial charge is 0.0672 e. The van der Waals surface area contributed by atoms with Crippen LogP contribution in [0.25, 0.3) is 0 Å². The van der Waals surface area contributed by atoms with Crippen molar-refractivity contribution in [1.82, 2.24) is 5.32 Å². The van der Waals surface area contributed by atoms with Crippen molar-refractivity contribution in [2.45, 2.75) is 44.6 Å². The van der Waals surface area contributed by atoms with Crippen LogP contribution in [0.5, 0.6) is 0 Å². The molecule has 92 valence electrons. The molecule has 3 atom stereocenters. The Morgan fingerprint density at radius 3 is 2.81 bits per heavy atom. The summed E-state index contributed by atoms with van der Waals surface area (Å²) in [5, 5.41) is 12.6. The molecule has 0 aliphatic heterocycles. The third-order valence-corrected chi connectivity index (χ3v) is 4.06. The van der Waals surface area contributed by atoms with Crippen molar-refractivity contribution in [1.29, 1.82) is 5.26 Å². The molecule has 0 aromatic carbocycles. The van der Waals surface area contributed by atoms with Crippen LogP contribution in [0.1, 0.15) is 38.5 Å². The molecule has 0 saturated heterocycles. The second-order valence-corrected chi connectivity index (χ2v) is 6.12. The molecule has 0 spiro atoms. The lowest BCUT2D eigenvalue weighted by Crippen LogP contribution is -2.36. The number of rotatable bonds is 5. The van der Waals surface area contributed by atoms with E-state index in [0.29, 0.717) is 6.04 Å². The van der Waals surface area contributed by atoms with E-state index in [-0.39, 0.29) is 5.92 Å². The summed E-state index contributed by atoms with van der Waals surface area (Å²) in [4.78, 5) is 0. The minimum absolute atomic E-state index is 0.176. The van der Waals surface area contributed by atoms with Gasteiger partial charge in [0.05, 0.1) is 12.0 Å². The topological polar surface area (TPSA) is 52.9 Å². The summed E-state index contributed by atoms with van der Waals surface area (Å²) >= 11 is 0. The van der Waals surface area contributed by atoms with E-state index in [2.05, 4.69) is 11.4 Å². The highest BCUT2D eigenvalue weighted by Gasteiger charge is 2.22. The largest absolute Gasteiger partial charge is 0.313 e. The van der Waals surface area contributed by atoms with Crippen LogP contribution in [-0.2, 0) is 10.8 Å². The van der Waals surface area contributed by atoms with E-state index in [1.165, 1.54) is 19.3 Å². The highest BCUT2D eigenvalue weighted by molar-refractivity contribution is 7.84. The number of hydrogen-bond acceptors (Lipinski definition) is 3. The van der Waals surface area contributed by atoms with Crippen LogP contribution >= 0.6 is 0 Å². The lowest BCUT2D eigenvalue weighted by molar-refractivity contribution is 0.396. The molecule has 1 saturated carbocycles. The predicted octanol–water partition coefficient (Wildman–Crippen LogP) is 1.82. The zero-order valence-corrected chi connectivity index (χ0v) is 10.9. The fourth-order valence-corrected chi connectivity index (χ4v) is 2.82. The van der Waals surface area contributed by atoms with Crippen molar-refractivity contribution in [3.63, 3.8) is 0 Å². The van der Waals surface area contributed by atoms with Crippen molar-refractivity contribution in [3.8, 4) is 6.07 Å².